The average molecular weight is 741 g/mol. The van der Waals surface area contributed by atoms with E-state index in [0.29, 0.717) is 0 Å². The van der Waals surface area contributed by atoms with Gasteiger partial charge < -0.3 is 9.80 Å². The molecule has 1 aromatic heterocycles. The van der Waals surface area contributed by atoms with Gasteiger partial charge in [-0.05, 0) is 148 Å². The van der Waals surface area contributed by atoms with Crippen LogP contribution in [-0.4, -0.2) is 6.71 Å². The number of anilines is 6. The zero-order valence-corrected chi connectivity index (χ0v) is 36.2. The topological polar surface area (TPSA) is 6.48 Å². The summed E-state index contributed by atoms with van der Waals surface area (Å²) in [5.41, 5.74) is 20.6. The van der Waals surface area contributed by atoms with Gasteiger partial charge in [-0.25, -0.2) is 0 Å². The van der Waals surface area contributed by atoms with Crippen molar-refractivity contribution in [3.05, 3.63) is 124 Å². The first-order valence-corrected chi connectivity index (χ1v) is 21.2. The summed E-state index contributed by atoms with van der Waals surface area (Å²) in [6.07, 6.45) is 2.42. The van der Waals surface area contributed by atoms with Crippen molar-refractivity contribution in [1.82, 2.24) is 0 Å². The standard InChI is InChI=1S/C51H57BN2S/c1-30-14-21-40(32(3)24-30)54-41-27-34(49(7,8)9)17-20-39(41)52-45-42(25-31(2)26-43(45)54)53(35-18-15-33(16-19-35)48(4,5)6)46-36-28-37-38(29-44(36)55-47(46)52)51(12,13)23-22-50(37,10)11/h14-21,24-29H,22-23H2,1-13H3. The molecule has 6 aromatic rings. The minimum Gasteiger partial charge on any atom is -0.311 e. The molecule has 5 aromatic carbocycles. The van der Waals surface area contributed by atoms with E-state index in [-0.39, 0.29) is 28.4 Å². The highest BCUT2D eigenvalue weighted by Crippen LogP contribution is 2.53. The number of rotatable bonds is 2. The molecule has 2 nitrogen and oxygen atoms in total. The van der Waals surface area contributed by atoms with Gasteiger partial charge in [0, 0.05) is 43.3 Å². The number of aryl methyl sites for hydroxylation is 3. The molecule has 55 heavy (non-hydrogen) atoms. The largest absolute Gasteiger partial charge is 0.311 e. The maximum Gasteiger partial charge on any atom is 0.264 e. The second-order valence-electron chi connectivity index (χ2n) is 20.4. The molecule has 4 heteroatoms. The van der Waals surface area contributed by atoms with Crippen LogP contribution in [0.4, 0.5) is 34.1 Å². The Bertz CT molecular complexity index is 2550. The van der Waals surface area contributed by atoms with E-state index in [2.05, 4.69) is 185 Å². The zero-order valence-electron chi connectivity index (χ0n) is 35.4. The highest BCUT2D eigenvalue weighted by atomic mass is 32.1. The Kier molecular flexibility index (Phi) is 7.85. The molecule has 0 fully saturated rings. The van der Waals surface area contributed by atoms with Crippen molar-refractivity contribution < 1.29 is 0 Å². The van der Waals surface area contributed by atoms with Gasteiger partial charge in [-0.2, -0.15) is 0 Å². The molecule has 0 saturated carbocycles. The molecule has 0 bridgehead atoms. The molecule has 0 radical (unpaired) electrons. The lowest BCUT2D eigenvalue weighted by Crippen LogP contribution is -2.60. The van der Waals surface area contributed by atoms with E-state index >= 15 is 0 Å². The summed E-state index contributed by atoms with van der Waals surface area (Å²) in [6, 6.07) is 34.0. The molecule has 3 aliphatic rings. The van der Waals surface area contributed by atoms with Crippen LogP contribution in [0.3, 0.4) is 0 Å². The molecule has 3 heterocycles. The summed E-state index contributed by atoms with van der Waals surface area (Å²) < 4.78 is 2.86. The molecular formula is C51H57BN2S. The van der Waals surface area contributed by atoms with E-state index in [4.69, 9.17) is 0 Å². The number of nitrogens with zero attached hydrogens (tertiary/aromatic N) is 2. The van der Waals surface area contributed by atoms with E-state index in [9.17, 15) is 0 Å². The minimum absolute atomic E-state index is 0.0189. The van der Waals surface area contributed by atoms with Crippen molar-refractivity contribution in [2.45, 2.75) is 125 Å². The van der Waals surface area contributed by atoms with Gasteiger partial charge in [0.1, 0.15) is 0 Å². The molecule has 0 saturated heterocycles. The average Bonchev–Trinajstić information content (AvgIpc) is 3.47. The van der Waals surface area contributed by atoms with Crippen LogP contribution in [0.2, 0.25) is 0 Å². The van der Waals surface area contributed by atoms with Gasteiger partial charge in [0.05, 0.1) is 5.69 Å². The van der Waals surface area contributed by atoms with Crippen LogP contribution in [0.5, 0.6) is 0 Å². The number of thiophene rings is 1. The molecule has 0 atom stereocenters. The van der Waals surface area contributed by atoms with Gasteiger partial charge in [-0.3, -0.25) is 0 Å². The molecule has 1 aliphatic carbocycles. The lowest BCUT2D eigenvalue weighted by Gasteiger charge is -2.44. The molecule has 9 rings (SSSR count). The van der Waals surface area contributed by atoms with Gasteiger partial charge in [0.15, 0.2) is 0 Å². The summed E-state index contributed by atoms with van der Waals surface area (Å²) in [4.78, 5) is 5.25. The second kappa shape index (κ2) is 11.9. The SMILES string of the molecule is Cc1ccc(N2c3cc(C(C)(C)C)ccc3B3c4sc5cc6c(cc5c4N(c4ccc(C(C)(C)C)cc4)c4cc(C)cc2c43)C(C)(C)CCC6(C)C)c(C)c1. The Hall–Kier alpha value is -4.28. The first kappa shape index (κ1) is 36.4. The molecule has 0 N–H and O–H groups in total. The molecule has 280 valence electrons. The third-order valence-corrected chi connectivity index (χ3v) is 14.4. The van der Waals surface area contributed by atoms with Gasteiger partial charge in [0.2, 0.25) is 0 Å². The second-order valence-corrected chi connectivity index (χ2v) is 21.5. The van der Waals surface area contributed by atoms with E-state index < -0.39 is 0 Å². The highest BCUT2D eigenvalue weighted by Gasteiger charge is 2.47. The van der Waals surface area contributed by atoms with Crippen LogP contribution in [0, 0.1) is 20.8 Å². The number of hydrogen-bond acceptors (Lipinski definition) is 3. The third-order valence-electron chi connectivity index (χ3n) is 13.2. The van der Waals surface area contributed by atoms with Gasteiger partial charge >= 0.3 is 0 Å². The Morgan fingerprint density at radius 1 is 0.582 bits per heavy atom. The molecule has 0 amide bonds. The molecular weight excluding hydrogens is 683 g/mol. The number of fused-ring (bicyclic) bond motifs is 7. The molecule has 2 aliphatic heterocycles. The Labute approximate surface area is 334 Å². The van der Waals surface area contributed by atoms with Crippen LogP contribution in [0.25, 0.3) is 10.1 Å². The predicted octanol–water partition coefficient (Wildman–Crippen LogP) is 12.9. The Balaban J connectivity index is 1.41. The maximum absolute atomic E-state index is 2.64. The predicted molar refractivity (Wildman–Crippen MR) is 243 cm³/mol. The van der Waals surface area contributed by atoms with Crippen molar-refractivity contribution in [2.24, 2.45) is 0 Å². The fraction of sp³-hybridized carbons (Fsp3) is 0.373. The fourth-order valence-corrected chi connectivity index (χ4v) is 11.2. The minimum atomic E-state index is 0.0189. The van der Waals surface area contributed by atoms with Crippen molar-refractivity contribution in [1.29, 1.82) is 0 Å². The van der Waals surface area contributed by atoms with Crippen LogP contribution in [0.1, 0.15) is 121 Å². The summed E-state index contributed by atoms with van der Waals surface area (Å²) in [5, 5.41) is 1.39. The first-order valence-electron chi connectivity index (χ1n) is 20.4. The van der Waals surface area contributed by atoms with E-state index in [1.807, 2.05) is 11.3 Å². The van der Waals surface area contributed by atoms with E-state index in [1.165, 1.54) is 112 Å². The van der Waals surface area contributed by atoms with E-state index in [1.54, 1.807) is 0 Å². The van der Waals surface area contributed by atoms with Crippen molar-refractivity contribution in [3.8, 4) is 0 Å². The third kappa shape index (κ3) is 5.56. The van der Waals surface area contributed by atoms with Crippen LogP contribution in [-0.2, 0) is 21.7 Å². The molecule has 0 spiro atoms. The quantitative estimate of drug-likeness (QED) is 0.163. The lowest BCUT2D eigenvalue weighted by atomic mass is 9.36. The van der Waals surface area contributed by atoms with Crippen LogP contribution < -0.4 is 25.5 Å². The normalized spacial score (nSPS) is 16.9. The van der Waals surface area contributed by atoms with Crippen molar-refractivity contribution in [2.75, 3.05) is 9.80 Å². The van der Waals surface area contributed by atoms with Gasteiger partial charge in [-0.1, -0.05) is 111 Å². The fourth-order valence-electron chi connectivity index (χ4n) is 9.84. The van der Waals surface area contributed by atoms with Crippen LogP contribution >= 0.6 is 11.3 Å². The van der Waals surface area contributed by atoms with Gasteiger partial charge in [0.25, 0.3) is 6.71 Å². The lowest BCUT2D eigenvalue weighted by molar-refractivity contribution is 0.332. The Morgan fingerprint density at radius 2 is 1.18 bits per heavy atom. The molecule has 0 unspecified atom stereocenters. The first-order chi connectivity index (χ1) is 25.7. The summed E-state index contributed by atoms with van der Waals surface area (Å²) in [5.74, 6) is 0. The van der Waals surface area contributed by atoms with Crippen molar-refractivity contribution >= 4 is 78.0 Å². The van der Waals surface area contributed by atoms with E-state index in [0.717, 1.165) is 0 Å². The smallest absolute Gasteiger partial charge is 0.264 e. The monoisotopic (exact) mass is 740 g/mol. The highest BCUT2D eigenvalue weighted by molar-refractivity contribution is 7.33. The Morgan fingerprint density at radius 3 is 1.80 bits per heavy atom. The number of hydrogen-bond donors (Lipinski definition) is 0. The van der Waals surface area contributed by atoms with Crippen LogP contribution in [0.15, 0.2) is 84.9 Å². The van der Waals surface area contributed by atoms with Crippen molar-refractivity contribution in [3.63, 3.8) is 0 Å². The zero-order chi connectivity index (χ0) is 39.1. The van der Waals surface area contributed by atoms with Gasteiger partial charge in [-0.15, -0.1) is 11.3 Å². The number of benzene rings is 5. The maximum atomic E-state index is 2.64. The summed E-state index contributed by atoms with van der Waals surface area (Å²) in [7, 11) is 0. The summed E-state index contributed by atoms with van der Waals surface area (Å²) >= 11 is 2.04. The summed E-state index contributed by atoms with van der Waals surface area (Å²) in [6.45, 7) is 30.7.